The molecule has 1 fully saturated rings. The predicted molar refractivity (Wildman–Crippen MR) is 116 cm³/mol. The molecule has 158 valence electrons. The molecule has 4 heteroatoms. The van der Waals surface area contributed by atoms with E-state index in [4.69, 9.17) is 4.74 Å². The van der Waals surface area contributed by atoms with Crippen LogP contribution in [-0.2, 0) is 9.53 Å². The quantitative estimate of drug-likeness (QED) is 0.604. The average Bonchev–Trinajstić information content (AvgIpc) is 2.66. The lowest BCUT2D eigenvalue weighted by Crippen LogP contribution is -3.11. The van der Waals surface area contributed by atoms with Crippen molar-refractivity contribution in [2.75, 3.05) is 32.8 Å². The lowest BCUT2D eigenvalue weighted by Gasteiger charge is -2.39. The molecule has 1 heterocycles. The Morgan fingerprint density at radius 1 is 1.25 bits per heavy atom. The average molecular weight is 390 g/mol. The van der Waals surface area contributed by atoms with Gasteiger partial charge in [0.1, 0.15) is 0 Å². The molecule has 1 saturated heterocycles. The normalized spacial score (nSPS) is 20.1. The minimum Gasteiger partial charge on any atom is -0.376 e. The largest absolute Gasteiger partial charge is 0.376 e. The molecule has 1 aliphatic rings. The van der Waals surface area contributed by atoms with E-state index >= 15 is 0 Å². The van der Waals surface area contributed by atoms with Crippen molar-refractivity contribution in [3.8, 4) is 0 Å². The Morgan fingerprint density at radius 2 is 1.93 bits per heavy atom. The molecule has 28 heavy (non-hydrogen) atoms. The molecular weight excluding hydrogens is 348 g/mol. The van der Waals surface area contributed by atoms with Crippen molar-refractivity contribution in [1.82, 2.24) is 5.32 Å². The van der Waals surface area contributed by atoms with Crippen LogP contribution in [0.15, 0.2) is 24.3 Å². The minimum atomic E-state index is -0.102. The Kier molecular flexibility index (Phi) is 8.97. The van der Waals surface area contributed by atoms with Crippen LogP contribution >= 0.6 is 0 Å². The topological polar surface area (TPSA) is 42.8 Å². The van der Waals surface area contributed by atoms with Crippen LogP contribution in [0.1, 0.15) is 70.4 Å². The number of benzene rings is 1. The van der Waals surface area contributed by atoms with E-state index in [9.17, 15) is 4.79 Å². The second-order valence-electron chi connectivity index (χ2n) is 8.99. The van der Waals surface area contributed by atoms with Crippen LogP contribution < -0.4 is 10.2 Å². The zero-order valence-electron chi connectivity index (χ0n) is 18.6. The molecule has 2 atom stereocenters. The van der Waals surface area contributed by atoms with Gasteiger partial charge in [-0.3, -0.25) is 4.79 Å². The number of carbonyl (C=O) groups is 1. The number of rotatable bonds is 10. The summed E-state index contributed by atoms with van der Waals surface area (Å²) in [7, 11) is 0. The number of aryl methyl sites for hydroxylation is 1. The Balaban J connectivity index is 1.97. The van der Waals surface area contributed by atoms with Crippen LogP contribution in [0.25, 0.3) is 0 Å². The molecule has 1 aromatic rings. The van der Waals surface area contributed by atoms with E-state index in [1.54, 1.807) is 4.90 Å². The molecule has 1 aromatic carbocycles. The molecule has 0 aromatic heterocycles. The van der Waals surface area contributed by atoms with Crippen molar-refractivity contribution < 1.29 is 14.4 Å². The summed E-state index contributed by atoms with van der Waals surface area (Å²) in [5.74, 6) is 0.930. The minimum absolute atomic E-state index is 0.102. The van der Waals surface area contributed by atoms with Crippen LogP contribution in [0.3, 0.4) is 0 Å². The predicted octanol–water partition coefficient (Wildman–Crippen LogP) is 3.10. The summed E-state index contributed by atoms with van der Waals surface area (Å²) in [6.45, 7) is 15.9. The summed E-state index contributed by atoms with van der Waals surface area (Å²) >= 11 is 0. The fraction of sp³-hybridized carbons (Fsp3) is 0.708. The molecule has 0 aliphatic carbocycles. The van der Waals surface area contributed by atoms with Gasteiger partial charge in [-0.25, -0.2) is 0 Å². The van der Waals surface area contributed by atoms with E-state index in [1.165, 1.54) is 11.1 Å². The Morgan fingerprint density at radius 3 is 2.54 bits per heavy atom. The van der Waals surface area contributed by atoms with Gasteiger partial charge in [0, 0.05) is 26.0 Å². The molecule has 1 aliphatic heterocycles. The van der Waals surface area contributed by atoms with Crippen molar-refractivity contribution in [2.24, 2.45) is 5.92 Å². The lowest BCUT2D eigenvalue weighted by molar-refractivity contribution is -0.896. The summed E-state index contributed by atoms with van der Waals surface area (Å²) in [6.07, 6.45) is 3.65. The number of hydrogen-bond acceptors (Lipinski definition) is 2. The molecule has 4 nitrogen and oxygen atoms in total. The van der Waals surface area contributed by atoms with Gasteiger partial charge in [-0.15, -0.1) is 0 Å². The van der Waals surface area contributed by atoms with Gasteiger partial charge >= 0.3 is 0 Å². The smallest absolute Gasteiger partial charge is 0.220 e. The molecule has 0 radical (unpaired) electrons. The standard InChI is InChI=1S/C24H40N2O2/c1-6-26(7-2)15-8-14-25-23(27)17-22(20-11-9-19(3)10-12-20)21-13-16-28-24(4,5)18-21/h9-12,21-22H,6-8,13-18H2,1-5H3,(H,25,27)/p+1/t21-,22+/m1/s1. The summed E-state index contributed by atoms with van der Waals surface area (Å²) in [5.41, 5.74) is 2.45. The Labute approximate surface area is 172 Å². The Hall–Kier alpha value is -1.39. The van der Waals surface area contributed by atoms with Crippen molar-refractivity contribution in [2.45, 2.75) is 71.8 Å². The first-order chi connectivity index (χ1) is 13.3. The van der Waals surface area contributed by atoms with E-state index < -0.39 is 0 Å². The zero-order valence-corrected chi connectivity index (χ0v) is 18.6. The van der Waals surface area contributed by atoms with Gasteiger partial charge in [0.15, 0.2) is 0 Å². The highest BCUT2D eigenvalue weighted by Gasteiger charge is 2.35. The molecule has 1 amide bonds. The van der Waals surface area contributed by atoms with Crippen molar-refractivity contribution in [3.63, 3.8) is 0 Å². The molecule has 0 unspecified atom stereocenters. The van der Waals surface area contributed by atoms with Crippen LogP contribution in [0.2, 0.25) is 0 Å². The molecular formula is C24H41N2O2+. The van der Waals surface area contributed by atoms with E-state index in [-0.39, 0.29) is 17.4 Å². The zero-order chi connectivity index (χ0) is 20.6. The number of hydrogen-bond donors (Lipinski definition) is 2. The molecule has 0 bridgehead atoms. The number of quaternary nitrogens is 1. The van der Waals surface area contributed by atoms with Gasteiger partial charge in [0.25, 0.3) is 0 Å². The van der Waals surface area contributed by atoms with Gasteiger partial charge in [0.2, 0.25) is 5.91 Å². The maximum atomic E-state index is 12.7. The highest BCUT2D eigenvalue weighted by atomic mass is 16.5. The second-order valence-corrected chi connectivity index (χ2v) is 8.99. The maximum absolute atomic E-state index is 12.7. The lowest BCUT2D eigenvalue weighted by atomic mass is 9.75. The van der Waals surface area contributed by atoms with Gasteiger partial charge in [0.05, 0.1) is 25.2 Å². The SMILES string of the molecule is CC[NH+](CC)CCCNC(=O)C[C@@H](c1ccc(C)cc1)[C@@H]1CCOC(C)(C)C1. The number of carbonyl (C=O) groups excluding carboxylic acids is 1. The fourth-order valence-electron chi connectivity index (χ4n) is 4.43. The first-order valence-corrected chi connectivity index (χ1v) is 11.2. The van der Waals surface area contributed by atoms with Crippen molar-refractivity contribution >= 4 is 5.91 Å². The summed E-state index contributed by atoms with van der Waals surface area (Å²) in [4.78, 5) is 14.3. The summed E-state index contributed by atoms with van der Waals surface area (Å²) in [5, 5.41) is 3.17. The molecule has 2 rings (SSSR count). The fourth-order valence-corrected chi connectivity index (χ4v) is 4.43. The van der Waals surface area contributed by atoms with Crippen molar-refractivity contribution in [3.05, 3.63) is 35.4 Å². The maximum Gasteiger partial charge on any atom is 0.220 e. The third-order valence-electron chi connectivity index (χ3n) is 6.24. The van der Waals surface area contributed by atoms with E-state index in [1.807, 2.05) is 0 Å². The van der Waals surface area contributed by atoms with Gasteiger partial charge in [-0.2, -0.15) is 0 Å². The van der Waals surface area contributed by atoms with E-state index in [2.05, 4.69) is 64.2 Å². The monoisotopic (exact) mass is 389 g/mol. The third-order valence-corrected chi connectivity index (χ3v) is 6.24. The highest BCUT2D eigenvalue weighted by molar-refractivity contribution is 5.76. The first-order valence-electron chi connectivity index (χ1n) is 11.2. The Bertz CT molecular complexity index is 593. The molecule has 2 N–H and O–H groups in total. The van der Waals surface area contributed by atoms with Crippen molar-refractivity contribution in [1.29, 1.82) is 0 Å². The second kappa shape index (κ2) is 11.0. The van der Waals surface area contributed by atoms with Crippen LogP contribution in [0.5, 0.6) is 0 Å². The van der Waals surface area contributed by atoms with Gasteiger partial charge in [-0.05, 0) is 64.9 Å². The van der Waals surface area contributed by atoms with Crippen LogP contribution in [0, 0.1) is 12.8 Å². The molecule has 0 spiro atoms. The van der Waals surface area contributed by atoms with Gasteiger partial charge in [-0.1, -0.05) is 29.8 Å². The third kappa shape index (κ3) is 7.21. The first kappa shape index (κ1) is 22.9. The summed E-state index contributed by atoms with van der Waals surface area (Å²) in [6, 6.07) is 8.74. The number of amides is 1. The van der Waals surface area contributed by atoms with Crippen LogP contribution in [0.4, 0.5) is 0 Å². The van der Waals surface area contributed by atoms with E-state index in [0.29, 0.717) is 12.3 Å². The van der Waals surface area contributed by atoms with Crippen LogP contribution in [-0.4, -0.2) is 44.3 Å². The summed E-state index contributed by atoms with van der Waals surface area (Å²) < 4.78 is 5.93. The highest BCUT2D eigenvalue weighted by Crippen LogP contribution is 2.40. The number of nitrogens with one attached hydrogen (secondary N) is 2. The van der Waals surface area contributed by atoms with E-state index in [0.717, 1.165) is 52.0 Å². The molecule has 0 saturated carbocycles. The van der Waals surface area contributed by atoms with Gasteiger partial charge < -0.3 is 15.0 Å². The number of ether oxygens (including phenoxy) is 1.